The maximum absolute atomic E-state index is 14.6. The van der Waals surface area contributed by atoms with Crippen LogP contribution in [0.25, 0.3) is 11.0 Å². The molecule has 0 spiro atoms. The van der Waals surface area contributed by atoms with Gasteiger partial charge in [0.2, 0.25) is 0 Å². The summed E-state index contributed by atoms with van der Waals surface area (Å²) in [5, 5.41) is 4.13. The average molecular weight is 484 g/mol. The molecule has 1 aliphatic heterocycles. The zero-order valence-corrected chi connectivity index (χ0v) is 19.6. The van der Waals surface area contributed by atoms with Crippen LogP contribution in [-0.4, -0.2) is 32.6 Å². The van der Waals surface area contributed by atoms with Crippen LogP contribution in [-0.2, 0) is 7.05 Å². The summed E-state index contributed by atoms with van der Waals surface area (Å²) >= 11 is 0. The molecule has 0 bridgehead atoms. The molecule has 36 heavy (non-hydrogen) atoms. The van der Waals surface area contributed by atoms with Gasteiger partial charge in [0.15, 0.2) is 0 Å². The fourth-order valence-electron chi connectivity index (χ4n) is 4.45. The number of nitrogens with one attached hydrogen (secondary N) is 2. The maximum atomic E-state index is 14.6. The second-order valence-corrected chi connectivity index (χ2v) is 8.71. The van der Waals surface area contributed by atoms with Crippen LogP contribution in [0.2, 0.25) is 0 Å². The monoisotopic (exact) mass is 483 g/mol. The van der Waals surface area contributed by atoms with Gasteiger partial charge < -0.3 is 14.9 Å². The lowest BCUT2D eigenvalue weighted by Gasteiger charge is -2.16. The molecule has 0 amide bonds. The number of aryl methyl sites for hydroxylation is 1. The number of benzene rings is 1. The SMILES string of the molecule is Cn1cccc(C(CC#CC#Cc2nc(C3CCNC3)nc3[nH]ccc23)c2cc(F)ccc2F)c1=O. The Bertz CT molecular complexity index is 1610. The lowest BCUT2D eigenvalue weighted by Crippen LogP contribution is -2.23. The fraction of sp³-hybridized carbons (Fsp3) is 0.250. The summed E-state index contributed by atoms with van der Waals surface area (Å²) in [5.74, 6) is 10.6. The molecule has 4 aromatic rings. The van der Waals surface area contributed by atoms with E-state index in [1.807, 2.05) is 6.07 Å². The molecule has 2 atom stereocenters. The number of aromatic amines is 1. The molecule has 2 unspecified atom stereocenters. The lowest BCUT2D eigenvalue weighted by molar-refractivity contribution is 0.574. The van der Waals surface area contributed by atoms with Gasteiger partial charge in [0.25, 0.3) is 5.56 Å². The third-order valence-electron chi connectivity index (χ3n) is 6.36. The van der Waals surface area contributed by atoms with Crippen LogP contribution in [0, 0.1) is 35.3 Å². The van der Waals surface area contributed by atoms with Gasteiger partial charge in [-0.25, -0.2) is 18.7 Å². The normalized spacial score (nSPS) is 15.7. The van der Waals surface area contributed by atoms with Gasteiger partial charge in [-0.15, -0.1) is 0 Å². The van der Waals surface area contributed by atoms with E-state index in [-0.39, 0.29) is 23.5 Å². The number of H-pyrrole nitrogens is 1. The molecule has 0 radical (unpaired) electrons. The quantitative estimate of drug-likeness (QED) is 0.435. The van der Waals surface area contributed by atoms with E-state index in [9.17, 15) is 13.6 Å². The highest BCUT2D eigenvalue weighted by molar-refractivity contribution is 5.81. The number of halogens is 2. The molecule has 3 aromatic heterocycles. The first kappa shape index (κ1) is 23.5. The molecular formula is C28H23F2N5O. The zero-order valence-electron chi connectivity index (χ0n) is 19.6. The van der Waals surface area contributed by atoms with Crippen LogP contribution in [0.1, 0.15) is 47.3 Å². The van der Waals surface area contributed by atoms with Gasteiger partial charge in [-0.3, -0.25) is 4.79 Å². The first-order valence-corrected chi connectivity index (χ1v) is 11.7. The summed E-state index contributed by atoms with van der Waals surface area (Å²) < 4.78 is 30.0. The summed E-state index contributed by atoms with van der Waals surface area (Å²) in [4.78, 5) is 25.2. The van der Waals surface area contributed by atoms with Crippen LogP contribution in [0.4, 0.5) is 8.78 Å². The smallest absolute Gasteiger partial charge is 0.254 e. The third kappa shape index (κ3) is 4.77. The second-order valence-electron chi connectivity index (χ2n) is 8.71. The minimum atomic E-state index is -0.744. The summed E-state index contributed by atoms with van der Waals surface area (Å²) in [6.45, 7) is 1.76. The van der Waals surface area contributed by atoms with E-state index in [0.29, 0.717) is 11.3 Å². The Morgan fingerprint density at radius 1 is 1.17 bits per heavy atom. The van der Waals surface area contributed by atoms with Crippen molar-refractivity contribution in [2.75, 3.05) is 13.1 Å². The summed E-state index contributed by atoms with van der Waals surface area (Å²) in [5.41, 5.74) is 1.45. The van der Waals surface area contributed by atoms with E-state index >= 15 is 0 Å². The number of rotatable bonds is 4. The van der Waals surface area contributed by atoms with Gasteiger partial charge in [0, 0.05) is 49.8 Å². The Kier molecular flexibility index (Phi) is 6.62. The van der Waals surface area contributed by atoms with Gasteiger partial charge in [0.1, 0.15) is 28.8 Å². The predicted octanol–water partition coefficient (Wildman–Crippen LogP) is 3.59. The van der Waals surface area contributed by atoms with Crippen LogP contribution in [0.3, 0.4) is 0 Å². The highest BCUT2D eigenvalue weighted by Crippen LogP contribution is 2.28. The largest absolute Gasteiger partial charge is 0.346 e. The Labute approximate surface area is 206 Å². The number of pyridine rings is 1. The van der Waals surface area contributed by atoms with Gasteiger partial charge in [-0.1, -0.05) is 12.0 Å². The van der Waals surface area contributed by atoms with Crippen LogP contribution >= 0.6 is 0 Å². The molecule has 5 rings (SSSR count). The molecule has 180 valence electrons. The highest BCUT2D eigenvalue weighted by atomic mass is 19.1. The minimum absolute atomic E-state index is 0.0835. The molecular weight excluding hydrogens is 460 g/mol. The van der Waals surface area contributed by atoms with Crippen LogP contribution < -0.4 is 10.9 Å². The van der Waals surface area contributed by atoms with Crippen molar-refractivity contribution < 1.29 is 8.78 Å². The van der Waals surface area contributed by atoms with E-state index in [0.717, 1.165) is 54.6 Å². The lowest BCUT2D eigenvalue weighted by atomic mass is 9.89. The Morgan fingerprint density at radius 2 is 2.06 bits per heavy atom. The van der Waals surface area contributed by atoms with Crippen molar-refractivity contribution in [3.8, 4) is 23.7 Å². The maximum Gasteiger partial charge on any atom is 0.254 e. The van der Waals surface area contributed by atoms with E-state index < -0.39 is 17.6 Å². The van der Waals surface area contributed by atoms with E-state index in [1.165, 1.54) is 4.57 Å². The van der Waals surface area contributed by atoms with Crippen molar-refractivity contribution in [2.24, 2.45) is 7.05 Å². The number of aromatic nitrogens is 4. The first-order valence-electron chi connectivity index (χ1n) is 11.7. The van der Waals surface area contributed by atoms with Crippen LogP contribution in [0.5, 0.6) is 0 Å². The van der Waals surface area contributed by atoms with Crippen molar-refractivity contribution in [3.63, 3.8) is 0 Å². The van der Waals surface area contributed by atoms with Crippen molar-refractivity contribution in [3.05, 3.63) is 93.4 Å². The van der Waals surface area contributed by atoms with Gasteiger partial charge in [-0.05, 0) is 66.6 Å². The van der Waals surface area contributed by atoms with Gasteiger partial charge in [-0.2, -0.15) is 0 Å². The number of hydrogen-bond donors (Lipinski definition) is 2. The highest BCUT2D eigenvalue weighted by Gasteiger charge is 2.22. The summed E-state index contributed by atoms with van der Waals surface area (Å²) in [6.07, 6.45) is 4.47. The number of hydrogen-bond acceptors (Lipinski definition) is 4. The number of fused-ring (bicyclic) bond motifs is 1. The predicted molar refractivity (Wildman–Crippen MR) is 133 cm³/mol. The minimum Gasteiger partial charge on any atom is -0.346 e. The Balaban J connectivity index is 1.46. The van der Waals surface area contributed by atoms with Crippen molar-refractivity contribution in [1.82, 2.24) is 24.8 Å². The van der Waals surface area contributed by atoms with E-state index in [4.69, 9.17) is 0 Å². The van der Waals surface area contributed by atoms with E-state index in [2.05, 4.69) is 44.0 Å². The van der Waals surface area contributed by atoms with Gasteiger partial charge in [0.05, 0.1) is 5.39 Å². The summed E-state index contributed by atoms with van der Waals surface area (Å²) in [7, 11) is 1.61. The van der Waals surface area contributed by atoms with Crippen molar-refractivity contribution in [1.29, 1.82) is 0 Å². The molecule has 4 heterocycles. The molecule has 8 heteroatoms. The Morgan fingerprint density at radius 3 is 2.89 bits per heavy atom. The summed E-state index contributed by atoms with van der Waals surface area (Å²) in [6, 6.07) is 8.42. The van der Waals surface area contributed by atoms with Crippen molar-refractivity contribution >= 4 is 11.0 Å². The standard InChI is InChI=1S/C28H23F2N5O/c1-35-15-5-7-21(28(35)36)20(23-16-19(29)9-10-24(23)30)6-3-2-4-8-25-22-12-14-32-27(22)34-26(33-25)18-11-13-31-17-18/h5,7,9-10,12,14-16,18,20,31H,6,11,13,17H2,1H3,(H,32,33,34). The van der Waals surface area contributed by atoms with Crippen molar-refractivity contribution in [2.45, 2.75) is 24.7 Å². The fourth-order valence-corrected chi connectivity index (χ4v) is 4.45. The molecule has 6 nitrogen and oxygen atoms in total. The molecule has 1 saturated heterocycles. The zero-order chi connectivity index (χ0) is 25.1. The second kappa shape index (κ2) is 10.2. The van der Waals surface area contributed by atoms with Crippen LogP contribution in [0.15, 0.2) is 53.6 Å². The van der Waals surface area contributed by atoms with Gasteiger partial charge >= 0.3 is 0 Å². The molecule has 1 aromatic carbocycles. The molecule has 0 saturated carbocycles. The van der Waals surface area contributed by atoms with E-state index in [1.54, 1.807) is 31.6 Å². The molecule has 1 aliphatic rings. The number of nitrogens with zero attached hydrogens (tertiary/aromatic N) is 3. The third-order valence-corrected chi connectivity index (χ3v) is 6.36. The topological polar surface area (TPSA) is 75.6 Å². The first-order chi connectivity index (χ1) is 17.5. The Hall–Kier alpha value is -4.27. The molecule has 0 aliphatic carbocycles. The molecule has 1 fully saturated rings. The average Bonchev–Trinajstić information content (AvgIpc) is 3.57. The molecule has 2 N–H and O–H groups in total.